The molecule has 1 aliphatic heterocycles. The molecule has 3 atom stereocenters. The highest BCUT2D eigenvalue weighted by molar-refractivity contribution is 7.13. The van der Waals surface area contributed by atoms with Crippen molar-refractivity contribution in [2.24, 2.45) is 5.41 Å². The molecule has 236 valence electrons. The molecule has 1 saturated heterocycles. The zero-order valence-corrected chi connectivity index (χ0v) is 26.5. The number of benzene rings is 1. The van der Waals surface area contributed by atoms with Crippen LogP contribution in [0.25, 0.3) is 10.4 Å². The fraction of sp³-hybridized carbons (Fsp3) is 0.594. The Labute approximate surface area is 258 Å². The van der Waals surface area contributed by atoms with Gasteiger partial charge in [0.25, 0.3) is 0 Å². The van der Waals surface area contributed by atoms with E-state index in [1.807, 2.05) is 36.7 Å². The van der Waals surface area contributed by atoms with E-state index in [9.17, 15) is 24.3 Å². The SMILES string of the molecule is Cc1ncsc1-c1ccc(CNC(=O)[C@@H]2C[C@@H](O)CN2C(=O)C(C)(C)[C@H](C)NC(=O)CCCCCCCCC(=O)O)cc1. The first kappa shape index (κ1) is 34.2. The highest BCUT2D eigenvalue weighted by Crippen LogP contribution is 2.30. The largest absolute Gasteiger partial charge is 0.481 e. The summed E-state index contributed by atoms with van der Waals surface area (Å²) in [7, 11) is 0. The van der Waals surface area contributed by atoms with Crippen LogP contribution in [0.1, 0.15) is 89.8 Å². The smallest absolute Gasteiger partial charge is 0.303 e. The first-order valence-corrected chi connectivity index (χ1v) is 16.1. The number of aliphatic carboxylic acids is 1. The molecular formula is C32H46N4O6S. The van der Waals surface area contributed by atoms with Crippen molar-refractivity contribution in [3.63, 3.8) is 0 Å². The fourth-order valence-corrected chi connectivity index (χ4v) is 6.08. The van der Waals surface area contributed by atoms with Crippen molar-refractivity contribution in [1.82, 2.24) is 20.5 Å². The molecule has 2 aromatic rings. The van der Waals surface area contributed by atoms with Gasteiger partial charge in [0, 0.05) is 38.4 Å². The van der Waals surface area contributed by atoms with Crippen LogP contribution < -0.4 is 10.6 Å². The number of amides is 3. The highest BCUT2D eigenvalue weighted by atomic mass is 32.1. The number of hydrogen-bond donors (Lipinski definition) is 4. The average molecular weight is 615 g/mol. The number of aliphatic hydroxyl groups excluding tert-OH is 1. The van der Waals surface area contributed by atoms with Crippen LogP contribution in [0.15, 0.2) is 29.8 Å². The molecular weight excluding hydrogens is 568 g/mol. The molecule has 0 radical (unpaired) electrons. The number of rotatable bonds is 16. The molecule has 1 aromatic heterocycles. The lowest BCUT2D eigenvalue weighted by Gasteiger charge is -2.36. The Morgan fingerprint density at radius 1 is 1.05 bits per heavy atom. The minimum atomic E-state index is -0.993. The summed E-state index contributed by atoms with van der Waals surface area (Å²) < 4.78 is 0. The van der Waals surface area contributed by atoms with Gasteiger partial charge in [0.15, 0.2) is 0 Å². The first-order valence-electron chi connectivity index (χ1n) is 15.2. The van der Waals surface area contributed by atoms with Crippen LogP contribution in [0.5, 0.6) is 0 Å². The number of carboxylic acid groups (broad SMARTS) is 1. The number of aryl methyl sites for hydroxylation is 1. The average Bonchev–Trinajstić information content (AvgIpc) is 3.57. The summed E-state index contributed by atoms with van der Waals surface area (Å²) in [4.78, 5) is 56.9. The molecule has 4 N–H and O–H groups in total. The van der Waals surface area contributed by atoms with E-state index in [-0.39, 0.29) is 37.1 Å². The summed E-state index contributed by atoms with van der Waals surface area (Å²) in [6.07, 6.45) is 4.96. The number of unbranched alkanes of at least 4 members (excludes halogenated alkanes) is 5. The van der Waals surface area contributed by atoms with Gasteiger partial charge in [-0.15, -0.1) is 11.3 Å². The lowest BCUT2D eigenvalue weighted by atomic mass is 9.83. The molecule has 0 saturated carbocycles. The number of nitrogens with one attached hydrogen (secondary N) is 2. The maximum atomic E-state index is 13.7. The number of aliphatic hydroxyl groups is 1. The van der Waals surface area contributed by atoms with Crippen LogP contribution in [0.3, 0.4) is 0 Å². The third kappa shape index (κ3) is 9.86. The standard InChI is InChI=1S/C32H46N4O6S/c1-21-29(43-20-34-21)24-15-13-23(14-16-24)18-33-30(41)26-17-25(37)19-36(26)31(42)32(3,4)22(2)35-27(38)11-9-7-5-6-8-10-12-28(39)40/h13-16,20,22,25-26,37H,5-12,17-19H2,1-4H3,(H,33,41)(H,35,38)(H,39,40)/t22-,25+,26-/m0/s1. The Balaban J connectivity index is 1.47. The van der Waals surface area contributed by atoms with Crippen molar-refractivity contribution >= 4 is 35.0 Å². The van der Waals surface area contributed by atoms with Gasteiger partial charge in [-0.05, 0) is 51.7 Å². The van der Waals surface area contributed by atoms with Crippen LogP contribution in [-0.2, 0) is 25.7 Å². The van der Waals surface area contributed by atoms with E-state index < -0.39 is 29.6 Å². The summed E-state index contributed by atoms with van der Waals surface area (Å²) in [6, 6.07) is 6.64. The molecule has 0 spiro atoms. The Bertz CT molecular complexity index is 1240. The lowest BCUT2D eigenvalue weighted by Crippen LogP contribution is -2.55. The normalized spacial score (nSPS) is 17.5. The molecule has 1 aliphatic rings. The van der Waals surface area contributed by atoms with Gasteiger partial charge in [0.1, 0.15) is 6.04 Å². The monoisotopic (exact) mass is 614 g/mol. The van der Waals surface area contributed by atoms with E-state index in [1.165, 1.54) is 4.90 Å². The molecule has 3 amide bonds. The second-order valence-corrected chi connectivity index (χ2v) is 12.9. The maximum absolute atomic E-state index is 13.7. The molecule has 43 heavy (non-hydrogen) atoms. The van der Waals surface area contributed by atoms with Crippen LogP contribution in [0.2, 0.25) is 0 Å². The summed E-state index contributed by atoms with van der Waals surface area (Å²) >= 11 is 1.58. The van der Waals surface area contributed by atoms with Gasteiger partial charge in [-0.3, -0.25) is 19.2 Å². The molecule has 1 aromatic carbocycles. The van der Waals surface area contributed by atoms with Gasteiger partial charge in [-0.1, -0.05) is 49.9 Å². The van der Waals surface area contributed by atoms with E-state index in [2.05, 4.69) is 15.6 Å². The molecule has 11 heteroatoms. The molecule has 0 bridgehead atoms. The van der Waals surface area contributed by atoms with E-state index in [1.54, 1.807) is 32.1 Å². The maximum Gasteiger partial charge on any atom is 0.303 e. The van der Waals surface area contributed by atoms with Crippen molar-refractivity contribution < 1.29 is 29.4 Å². The summed E-state index contributed by atoms with van der Waals surface area (Å²) in [5, 5.41) is 24.9. The molecule has 0 unspecified atom stereocenters. The molecule has 2 heterocycles. The summed E-state index contributed by atoms with van der Waals surface area (Å²) in [5.41, 5.74) is 3.79. The number of carboxylic acids is 1. The highest BCUT2D eigenvalue weighted by Gasteiger charge is 2.46. The van der Waals surface area contributed by atoms with E-state index in [0.717, 1.165) is 53.8 Å². The topological polar surface area (TPSA) is 149 Å². The van der Waals surface area contributed by atoms with E-state index in [0.29, 0.717) is 19.4 Å². The van der Waals surface area contributed by atoms with Crippen LogP contribution in [0, 0.1) is 12.3 Å². The van der Waals surface area contributed by atoms with Crippen molar-refractivity contribution in [3.8, 4) is 10.4 Å². The molecule has 1 fully saturated rings. The van der Waals surface area contributed by atoms with E-state index >= 15 is 0 Å². The van der Waals surface area contributed by atoms with Gasteiger partial charge in [-0.2, -0.15) is 0 Å². The van der Waals surface area contributed by atoms with Crippen molar-refractivity contribution in [3.05, 3.63) is 41.0 Å². The second-order valence-electron chi connectivity index (χ2n) is 12.1. The lowest BCUT2D eigenvalue weighted by molar-refractivity contribution is -0.147. The number of β-amino-alcohol motifs (C(OH)–C–C–N with tert-alkyl or cyclic N) is 1. The van der Waals surface area contributed by atoms with Crippen molar-refractivity contribution in [2.75, 3.05) is 6.54 Å². The first-order chi connectivity index (χ1) is 20.4. The van der Waals surface area contributed by atoms with Crippen LogP contribution in [-0.4, -0.2) is 68.5 Å². The number of carbonyl (C=O) groups excluding carboxylic acids is 3. The predicted octanol–water partition coefficient (Wildman–Crippen LogP) is 4.43. The number of hydrogen-bond acceptors (Lipinski definition) is 7. The van der Waals surface area contributed by atoms with Gasteiger partial charge in [-0.25, -0.2) is 4.98 Å². The van der Waals surface area contributed by atoms with Crippen molar-refractivity contribution in [1.29, 1.82) is 0 Å². The Morgan fingerprint density at radius 2 is 1.67 bits per heavy atom. The van der Waals surface area contributed by atoms with Crippen LogP contribution >= 0.6 is 11.3 Å². The molecule has 3 rings (SSSR count). The number of nitrogens with zero attached hydrogens (tertiary/aromatic N) is 2. The van der Waals surface area contributed by atoms with Gasteiger partial charge in [0.05, 0.1) is 27.6 Å². The second kappa shape index (κ2) is 16.0. The van der Waals surface area contributed by atoms with Gasteiger partial charge < -0.3 is 25.7 Å². The van der Waals surface area contributed by atoms with Crippen LogP contribution in [0.4, 0.5) is 0 Å². The fourth-order valence-electron chi connectivity index (χ4n) is 5.27. The third-order valence-electron chi connectivity index (χ3n) is 8.33. The zero-order valence-electron chi connectivity index (χ0n) is 25.7. The zero-order chi connectivity index (χ0) is 31.6. The molecule has 0 aliphatic carbocycles. The number of carbonyl (C=O) groups is 4. The number of thiazole rings is 1. The quantitative estimate of drug-likeness (QED) is 0.204. The predicted molar refractivity (Wildman–Crippen MR) is 166 cm³/mol. The Kier molecular flexibility index (Phi) is 12.7. The number of likely N-dealkylation sites (tertiary alicyclic amines) is 1. The minimum absolute atomic E-state index is 0.0659. The third-order valence-corrected chi connectivity index (χ3v) is 9.30. The van der Waals surface area contributed by atoms with E-state index in [4.69, 9.17) is 5.11 Å². The molecule has 10 nitrogen and oxygen atoms in total. The van der Waals surface area contributed by atoms with Crippen molar-refractivity contribution in [2.45, 2.75) is 110 Å². The summed E-state index contributed by atoms with van der Waals surface area (Å²) in [5.74, 6) is -1.51. The number of aromatic nitrogens is 1. The summed E-state index contributed by atoms with van der Waals surface area (Å²) in [6.45, 7) is 7.63. The van der Waals surface area contributed by atoms with Gasteiger partial charge >= 0.3 is 5.97 Å². The Morgan fingerprint density at radius 3 is 2.28 bits per heavy atom. The minimum Gasteiger partial charge on any atom is -0.481 e. The Hall–Kier alpha value is -3.31. The van der Waals surface area contributed by atoms with Gasteiger partial charge in [0.2, 0.25) is 17.7 Å².